The molecule has 128 valence electrons. The molecule has 1 fully saturated rings. The van der Waals surface area contributed by atoms with Gasteiger partial charge in [-0.3, -0.25) is 15.0 Å². The van der Waals surface area contributed by atoms with Gasteiger partial charge < -0.3 is 9.52 Å². The van der Waals surface area contributed by atoms with Crippen molar-refractivity contribution in [2.24, 2.45) is 5.92 Å². The van der Waals surface area contributed by atoms with Crippen LogP contribution in [0.15, 0.2) is 34.9 Å². The summed E-state index contributed by atoms with van der Waals surface area (Å²) in [6, 6.07) is 6.61. The molecule has 7 nitrogen and oxygen atoms in total. The van der Waals surface area contributed by atoms with E-state index in [1.165, 1.54) is 12.1 Å². The minimum Gasteiger partial charge on any atom is -0.444 e. The molecular weight excluding hydrogens is 310 g/mol. The average Bonchev–Trinajstić information content (AvgIpc) is 3.05. The Morgan fingerprint density at radius 3 is 2.79 bits per heavy atom. The minimum atomic E-state index is -0.430. The van der Waals surface area contributed by atoms with E-state index in [1.54, 1.807) is 18.4 Å². The van der Waals surface area contributed by atoms with E-state index in [1.807, 2.05) is 0 Å². The molecule has 2 atom stereocenters. The van der Waals surface area contributed by atoms with E-state index in [2.05, 4.69) is 16.8 Å². The number of likely N-dealkylation sites (tertiary alicyclic amines) is 1. The highest BCUT2D eigenvalue weighted by Crippen LogP contribution is 2.25. The number of rotatable bonds is 5. The number of non-ortho nitro benzene ring substituents is 1. The van der Waals surface area contributed by atoms with Gasteiger partial charge in [-0.25, -0.2) is 4.98 Å². The first-order valence-corrected chi connectivity index (χ1v) is 8.11. The van der Waals surface area contributed by atoms with Crippen LogP contribution in [0.4, 0.5) is 5.69 Å². The maximum Gasteiger partial charge on any atom is 0.269 e. The van der Waals surface area contributed by atoms with Gasteiger partial charge in [0.05, 0.1) is 10.6 Å². The number of hydrogen-bond donors (Lipinski definition) is 1. The number of nitro groups is 1. The first kappa shape index (κ1) is 16.6. The van der Waals surface area contributed by atoms with Crippen LogP contribution >= 0.6 is 0 Å². The second kappa shape index (κ2) is 7.11. The van der Waals surface area contributed by atoms with Gasteiger partial charge in [-0.1, -0.05) is 0 Å². The molecule has 0 bridgehead atoms. The molecule has 1 aliphatic heterocycles. The van der Waals surface area contributed by atoms with E-state index in [0.29, 0.717) is 30.0 Å². The number of nitrogens with zero attached hydrogens (tertiary/aromatic N) is 3. The minimum absolute atomic E-state index is 0.0442. The van der Waals surface area contributed by atoms with E-state index in [-0.39, 0.29) is 12.3 Å². The van der Waals surface area contributed by atoms with Gasteiger partial charge in [0, 0.05) is 43.4 Å². The van der Waals surface area contributed by atoms with Gasteiger partial charge >= 0.3 is 0 Å². The first-order valence-electron chi connectivity index (χ1n) is 8.11. The lowest BCUT2D eigenvalue weighted by atomic mass is 9.94. The van der Waals surface area contributed by atoms with Crippen molar-refractivity contribution in [3.8, 4) is 11.5 Å². The molecule has 2 heterocycles. The summed E-state index contributed by atoms with van der Waals surface area (Å²) >= 11 is 0. The summed E-state index contributed by atoms with van der Waals surface area (Å²) in [6.45, 7) is 3.94. The maximum absolute atomic E-state index is 10.7. The molecule has 1 aromatic heterocycles. The van der Waals surface area contributed by atoms with Crippen molar-refractivity contribution < 1.29 is 14.4 Å². The van der Waals surface area contributed by atoms with Crippen LogP contribution in [0.2, 0.25) is 0 Å². The summed E-state index contributed by atoms with van der Waals surface area (Å²) in [6.07, 6.45) is 3.76. The zero-order chi connectivity index (χ0) is 17.1. The molecule has 2 aromatic rings. The van der Waals surface area contributed by atoms with Gasteiger partial charge in [0.25, 0.3) is 5.69 Å². The van der Waals surface area contributed by atoms with E-state index in [4.69, 9.17) is 4.42 Å². The van der Waals surface area contributed by atoms with E-state index in [0.717, 1.165) is 25.1 Å². The second-order valence-corrected chi connectivity index (χ2v) is 6.35. The lowest BCUT2D eigenvalue weighted by molar-refractivity contribution is -0.384. The normalized spacial score (nSPS) is 21.8. The topological polar surface area (TPSA) is 92.6 Å². The highest BCUT2D eigenvalue weighted by atomic mass is 16.6. The Morgan fingerprint density at radius 1 is 1.38 bits per heavy atom. The number of hydrogen-bond acceptors (Lipinski definition) is 6. The number of oxazole rings is 1. The van der Waals surface area contributed by atoms with Gasteiger partial charge in [-0.15, -0.1) is 0 Å². The Kier molecular flexibility index (Phi) is 4.92. The van der Waals surface area contributed by atoms with Crippen molar-refractivity contribution in [1.82, 2.24) is 9.88 Å². The molecule has 24 heavy (non-hydrogen) atoms. The fraction of sp³-hybridized carbons (Fsp3) is 0.471. The summed E-state index contributed by atoms with van der Waals surface area (Å²) in [5, 5.41) is 20.1. The Morgan fingerprint density at radius 2 is 2.12 bits per heavy atom. The molecule has 7 heteroatoms. The van der Waals surface area contributed by atoms with Crippen molar-refractivity contribution >= 4 is 5.69 Å². The monoisotopic (exact) mass is 331 g/mol. The third-order valence-electron chi connectivity index (χ3n) is 4.61. The Labute approximate surface area is 140 Å². The largest absolute Gasteiger partial charge is 0.444 e. The van der Waals surface area contributed by atoms with Crippen LogP contribution in [-0.2, 0) is 6.54 Å². The molecule has 1 N–H and O–H groups in total. The van der Waals surface area contributed by atoms with Crippen LogP contribution in [0.1, 0.15) is 25.5 Å². The molecule has 0 amide bonds. The summed E-state index contributed by atoms with van der Waals surface area (Å²) in [7, 11) is 0. The van der Waals surface area contributed by atoms with Gasteiger partial charge in [0.2, 0.25) is 5.89 Å². The predicted octanol–water partition coefficient (Wildman–Crippen LogP) is 2.84. The number of benzene rings is 1. The Bertz CT molecular complexity index is 698. The smallest absolute Gasteiger partial charge is 0.269 e. The maximum atomic E-state index is 10.7. The molecule has 0 spiro atoms. The van der Waals surface area contributed by atoms with Gasteiger partial charge in [0.15, 0.2) is 0 Å². The van der Waals surface area contributed by atoms with Crippen LogP contribution in [-0.4, -0.2) is 39.1 Å². The molecule has 3 rings (SSSR count). The van der Waals surface area contributed by atoms with Gasteiger partial charge in [0.1, 0.15) is 6.26 Å². The average molecular weight is 331 g/mol. The van der Waals surface area contributed by atoms with Crippen LogP contribution in [0.25, 0.3) is 11.5 Å². The second-order valence-electron chi connectivity index (χ2n) is 6.35. The zero-order valence-corrected chi connectivity index (χ0v) is 13.6. The molecule has 0 radical (unpaired) electrons. The molecule has 0 aliphatic carbocycles. The fourth-order valence-corrected chi connectivity index (χ4v) is 3.08. The van der Waals surface area contributed by atoms with Crippen LogP contribution in [0, 0.1) is 16.0 Å². The summed E-state index contributed by atoms with van der Waals surface area (Å²) in [5.74, 6) is 0.783. The third-order valence-corrected chi connectivity index (χ3v) is 4.61. The first-order chi connectivity index (χ1) is 11.6. The molecule has 1 aliphatic rings. The number of aliphatic hydroxyl groups excluding tert-OH is 1. The van der Waals surface area contributed by atoms with Crippen molar-refractivity contribution in [2.75, 3.05) is 13.2 Å². The van der Waals surface area contributed by atoms with Gasteiger partial charge in [-0.05, 0) is 37.8 Å². The lowest BCUT2D eigenvalue weighted by Crippen LogP contribution is -2.42. The highest BCUT2D eigenvalue weighted by molar-refractivity contribution is 5.55. The summed E-state index contributed by atoms with van der Waals surface area (Å²) in [5.41, 5.74) is 1.59. The number of piperidine rings is 1. The molecule has 2 unspecified atom stereocenters. The van der Waals surface area contributed by atoms with E-state index >= 15 is 0 Å². The Balaban J connectivity index is 1.70. The number of aliphatic hydroxyl groups is 1. The summed E-state index contributed by atoms with van der Waals surface area (Å²) in [4.78, 5) is 17.1. The van der Waals surface area contributed by atoms with E-state index in [9.17, 15) is 15.2 Å². The summed E-state index contributed by atoms with van der Waals surface area (Å²) < 4.78 is 5.52. The predicted molar refractivity (Wildman–Crippen MR) is 88.3 cm³/mol. The standard InChI is InChI=1S/C17H21N3O4/c1-12-2-3-13(10-21)8-19(12)9-15-11-24-17(18-15)14-4-6-16(7-5-14)20(22)23/h4-7,11-13,21H,2-3,8-10H2,1H3. The number of nitro benzene ring substituents is 1. The number of aromatic nitrogens is 1. The molecule has 0 saturated carbocycles. The van der Waals surface area contributed by atoms with Crippen molar-refractivity contribution in [3.63, 3.8) is 0 Å². The fourth-order valence-electron chi connectivity index (χ4n) is 3.08. The van der Waals surface area contributed by atoms with Crippen molar-refractivity contribution in [1.29, 1.82) is 0 Å². The SMILES string of the molecule is CC1CCC(CO)CN1Cc1coc(-c2ccc([N+](=O)[O-])cc2)n1. The zero-order valence-electron chi connectivity index (χ0n) is 13.6. The van der Waals surface area contributed by atoms with Crippen molar-refractivity contribution in [2.45, 2.75) is 32.4 Å². The molecular formula is C17H21N3O4. The van der Waals surface area contributed by atoms with Gasteiger partial charge in [-0.2, -0.15) is 0 Å². The quantitative estimate of drug-likeness (QED) is 0.669. The van der Waals surface area contributed by atoms with Crippen molar-refractivity contribution in [3.05, 3.63) is 46.3 Å². The molecule has 1 saturated heterocycles. The van der Waals surface area contributed by atoms with E-state index < -0.39 is 4.92 Å². The Hall–Kier alpha value is -2.25. The van der Waals surface area contributed by atoms with Crippen LogP contribution < -0.4 is 0 Å². The molecule has 1 aromatic carbocycles. The highest BCUT2D eigenvalue weighted by Gasteiger charge is 2.25. The third kappa shape index (κ3) is 3.63. The van der Waals surface area contributed by atoms with Crippen LogP contribution in [0.5, 0.6) is 0 Å². The lowest BCUT2D eigenvalue weighted by Gasteiger charge is -2.36. The van der Waals surface area contributed by atoms with Crippen LogP contribution in [0.3, 0.4) is 0 Å².